The molecule has 0 spiro atoms. The van der Waals surface area contributed by atoms with Gasteiger partial charge in [0.1, 0.15) is 11.4 Å². The fraction of sp³-hybridized carbons (Fsp3) is 0.759. The Morgan fingerprint density at radius 3 is 2.76 bits per heavy atom. The Labute approximate surface area is 215 Å². The molecule has 5 heteroatoms. The van der Waals surface area contributed by atoms with E-state index >= 15 is 0 Å². The van der Waals surface area contributed by atoms with Crippen LogP contribution in [0.3, 0.4) is 0 Å². The number of allylic oxidation sites excluding steroid dienone is 3. The molecule has 0 aliphatic heterocycles. The van der Waals surface area contributed by atoms with Gasteiger partial charge in [-0.3, -0.25) is 4.79 Å². The lowest BCUT2D eigenvalue weighted by Crippen LogP contribution is -2.36. The summed E-state index contributed by atoms with van der Waals surface area (Å²) in [6.45, 7) is 12.9. The topological polar surface area (TPSA) is 66.8 Å². The number of ether oxygens (including phenoxy) is 1. The van der Waals surface area contributed by atoms with Crippen molar-refractivity contribution >= 4 is 21.9 Å². The van der Waals surface area contributed by atoms with Gasteiger partial charge in [-0.2, -0.15) is 0 Å². The summed E-state index contributed by atoms with van der Waals surface area (Å²) in [5, 5.41) is 20.7. The van der Waals surface area contributed by atoms with E-state index in [1.165, 1.54) is 37.7 Å². The molecule has 3 saturated carbocycles. The first kappa shape index (κ1) is 27.7. The highest BCUT2D eigenvalue weighted by atomic mass is 79.9. The summed E-state index contributed by atoms with van der Waals surface area (Å²) in [6.07, 6.45) is 13.8. The highest BCUT2D eigenvalue weighted by Crippen LogP contribution is 2.60. The van der Waals surface area contributed by atoms with Gasteiger partial charge in [0.15, 0.2) is 0 Å². The summed E-state index contributed by atoms with van der Waals surface area (Å²) in [5.41, 5.74) is 3.06. The maximum atomic E-state index is 11.7. The van der Waals surface area contributed by atoms with Crippen LogP contribution in [-0.2, 0) is 9.53 Å². The molecule has 0 heterocycles. The van der Waals surface area contributed by atoms with Crippen molar-refractivity contribution in [1.29, 1.82) is 0 Å². The van der Waals surface area contributed by atoms with Crippen molar-refractivity contribution < 1.29 is 19.7 Å². The number of aliphatic hydroxyl groups is 2. The van der Waals surface area contributed by atoms with E-state index in [0.29, 0.717) is 30.1 Å². The third kappa shape index (κ3) is 6.64. The van der Waals surface area contributed by atoms with Crippen LogP contribution in [0.5, 0.6) is 0 Å². The standard InChI is InChI=1S/C29H45BrO4/c1-19(8-6-14-28(3,4)33)24-12-13-25-21(9-7-15-29(24,25)5)10-11-22-16-23(34-27(32)18-30)17-26(31)20(22)2/h10-11,19,23-26,31,33H,2,6-9,12-18H2,1,3-5H3/b21-10+,22-11-/t19-,23-,24-,25+,26+,29-/m1/s1/i27+2. The normalized spacial score (nSPS) is 35.4. The third-order valence-electron chi connectivity index (χ3n) is 8.83. The minimum Gasteiger partial charge on any atom is -0.461 e. The van der Waals surface area contributed by atoms with Gasteiger partial charge in [0.05, 0.1) is 11.7 Å². The number of hydrogen-bond donors (Lipinski definition) is 2. The van der Waals surface area contributed by atoms with Gasteiger partial charge in [0.2, 0.25) is 0 Å². The lowest BCUT2D eigenvalue weighted by atomic mass is 9.60. The van der Waals surface area contributed by atoms with Crippen molar-refractivity contribution in [1.82, 2.24) is 0 Å². The van der Waals surface area contributed by atoms with Crippen molar-refractivity contribution in [3.05, 3.63) is 35.5 Å². The summed E-state index contributed by atoms with van der Waals surface area (Å²) in [5.74, 6) is 1.73. The van der Waals surface area contributed by atoms with Crippen LogP contribution in [0.4, 0.5) is 0 Å². The summed E-state index contributed by atoms with van der Waals surface area (Å²) < 4.78 is 5.50. The van der Waals surface area contributed by atoms with Crippen molar-refractivity contribution in [2.45, 2.75) is 110 Å². The van der Waals surface area contributed by atoms with Gasteiger partial charge in [-0.25, -0.2) is 0 Å². The number of alkyl halides is 1. The molecule has 0 aromatic carbocycles. The van der Waals surface area contributed by atoms with E-state index in [1.54, 1.807) is 0 Å². The minimum absolute atomic E-state index is 0.168. The SMILES string of the molecule is C=C1/C(=C\C=C2/CCC[C@]3(C)[C@@H]([C@H](C)CCCC(C)(C)O)CC[C@@H]23)C[C@@H](O[14C](=O)CBr)C[C@@H]1O. The van der Waals surface area contributed by atoms with Crippen LogP contribution in [0, 0.1) is 23.2 Å². The molecule has 0 amide bonds. The van der Waals surface area contributed by atoms with Crippen LogP contribution in [-0.4, -0.2) is 39.3 Å². The van der Waals surface area contributed by atoms with Crippen LogP contribution in [0.25, 0.3) is 0 Å². The Morgan fingerprint density at radius 1 is 1.35 bits per heavy atom. The highest BCUT2D eigenvalue weighted by molar-refractivity contribution is 9.09. The number of hydrogen-bond acceptors (Lipinski definition) is 4. The summed E-state index contributed by atoms with van der Waals surface area (Å²) >= 11 is 3.14. The molecule has 0 radical (unpaired) electrons. The predicted molar refractivity (Wildman–Crippen MR) is 142 cm³/mol. The molecule has 4 nitrogen and oxygen atoms in total. The van der Waals surface area contributed by atoms with Gasteiger partial charge in [0, 0.05) is 12.8 Å². The lowest BCUT2D eigenvalue weighted by Gasteiger charge is -2.44. The first-order valence-corrected chi connectivity index (χ1v) is 14.3. The Morgan fingerprint density at radius 2 is 2.09 bits per heavy atom. The molecule has 2 N–H and O–H groups in total. The van der Waals surface area contributed by atoms with E-state index in [4.69, 9.17) is 4.74 Å². The number of rotatable bonds is 8. The smallest absolute Gasteiger partial charge is 0.316 e. The van der Waals surface area contributed by atoms with E-state index in [0.717, 1.165) is 36.3 Å². The maximum Gasteiger partial charge on any atom is 0.316 e. The van der Waals surface area contributed by atoms with E-state index in [-0.39, 0.29) is 17.4 Å². The predicted octanol–water partition coefficient (Wildman–Crippen LogP) is 6.65. The van der Waals surface area contributed by atoms with Crippen molar-refractivity contribution in [2.24, 2.45) is 23.2 Å². The molecule has 34 heavy (non-hydrogen) atoms. The molecular weight excluding hydrogens is 494 g/mol. The Balaban J connectivity index is 1.71. The van der Waals surface area contributed by atoms with Crippen molar-refractivity contribution in [3.8, 4) is 0 Å². The molecule has 0 saturated heterocycles. The fourth-order valence-electron chi connectivity index (χ4n) is 7.03. The number of fused-ring (bicyclic) bond motifs is 1. The second-order valence-corrected chi connectivity index (χ2v) is 12.5. The molecule has 0 unspecified atom stereocenters. The minimum atomic E-state index is -0.663. The molecule has 0 aromatic heterocycles. The van der Waals surface area contributed by atoms with E-state index in [9.17, 15) is 15.0 Å². The second kappa shape index (κ2) is 11.4. The summed E-state index contributed by atoms with van der Waals surface area (Å²) in [7, 11) is 0. The average molecular weight is 540 g/mol. The van der Waals surface area contributed by atoms with E-state index < -0.39 is 11.7 Å². The molecular formula is C29H45BrO4. The van der Waals surface area contributed by atoms with Gasteiger partial charge in [-0.05, 0) is 86.7 Å². The molecule has 0 aromatic rings. The Bertz CT molecular complexity index is 807. The van der Waals surface area contributed by atoms with Crippen molar-refractivity contribution in [3.63, 3.8) is 0 Å². The number of esters is 1. The molecule has 3 aliphatic carbocycles. The van der Waals surface area contributed by atoms with Gasteiger partial charge in [-0.1, -0.05) is 66.9 Å². The molecule has 3 aliphatic rings. The molecule has 6 atom stereocenters. The zero-order chi connectivity index (χ0) is 25.1. The molecule has 3 rings (SSSR count). The van der Waals surface area contributed by atoms with Gasteiger partial charge in [-0.15, -0.1) is 0 Å². The van der Waals surface area contributed by atoms with Gasteiger partial charge < -0.3 is 14.9 Å². The first-order chi connectivity index (χ1) is 15.9. The Hall–Kier alpha value is -0.910. The molecule has 192 valence electrons. The highest BCUT2D eigenvalue weighted by Gasteiger charge is 2.50. The second-order valence-electron chi connectivity index (χ2n) is 11.9. The zero-order valence-corrected chi connectivity index (χ0v) is 23.2. The van der Waals surface area contributed by atoms with Crippen LogP contribution < -0.4 is 0 Å². The summed E-state index contributed by atoms with van der Waals surface area (Å²) in [6, 6.07) is 0. The molecule has 3 fully saturated rings. The monoisotopic (exact) mass is 538 g/mol. The van der Waals surface area contributed by atoms with E-state index in [2.05, 4.69) is 48.5 Å². The number of halogens is 1. The summed E-state index contributed by atoms with van der Waals surface area (Å²) in [4.78, 5) is 11.7. The maximum absolute atomic E-state index is 11.7. The fourth-order valence-corrected chi connectivity index (χ4v) is 7.16. The number of aliphatic hydroxyl groups excluding tert-OH is 1. The lowest BCUT2D eigenvalue weighted by molar-refractivity contribution is -0.147. The quantitative estimate of drug-likeness (QED) is 0.268. The number of carbonyl (C=O) groups is 1. The van der Waals surface area contributed by atoms with Crippen LogP contribution >= 0.6 is 15.9 Å². The van der Waals surface area contributed by atoms with Crippen LogP contribution in [0.2, 0.25) is 0 Å². The molecule has 0 bridgehead atoms. The zero-order valence-electron chi connectivity index (χ0n) is 21.6. The van der Waals surface area contributed by atoms with Crippen LogP contribution in [0.1, 0.15) is 91.9 Å². The Kier molecular flexibility index (Phi) is 9.30. The first-order valence-electron chi connectivity index (χ1n) is 13.2. The largest absolute Gasteiger partial charge is 0.461 e. The average Bonchev–Trinajstić information content (AvgIpc) is 3.11. The number of carbonyl (C=O) groups excluding carboxylic acids is 1. The van der Waals surface area contributed by atoms with Crippen LogP contribution in [0.15, 0.2) is 35.5 Å². The van der Waals surface area contributed by atoms with E-state index in [1.807, 2.05) is 13.8 Å². The van der Waals surface area contributed by atoms with Gasteiger partial charge >= 0.3 is 5.97 Å². The van der Waals surface area contributed by atoms with Crippen molar-refractivity contribution in [2.75, 3.05) is 5.33 Å². The van der Waals surface area contributed by atoms with Gasteiger partial charge in [0.25, 0.3) is 0 Å². The third-order valence-corrected chi connectivity index (χ3v) is 9.28.